The van der Waals surface area contributed by atoms with Crippen LogP contribution >= 0.6 is 11.6 Å². The highest BCUT2D eigenvalue weighted by molar-refractivity contribution is 6.32. The van der Waals surface area contributed by atoms with Crippen molar-refractivity contribution in [3.63, 3.8) is 0 Å². The van der Waals surface area contributed by atoms with Crippen LogP contribution in [0.25, 0.3) is 0 Å². The number of aliphatic carboxylic acids is 1. The van der Waals surface area contributed by atoms with Crippen molar-refractivity contribution in [3.8, 4) is 5.88 Å². The maximum Gasteiger partial charge on any atom is 0.326 e. The Morgan fingerprint density at radius 2 is 2.00 bits per heavy atom. The van der Waals surface area contributed by atoms with Crippen molar-refractivity contribution in [2.75, 3.05) is 6.61 Å². The second-order valence-electron chi connectivity index (χ2n) is 5.38. The summed E-state index contributed by atoms with van der Waals surface area (Å²) in [5.41, 5.74) is 1.03. The summed E-state index contributed by atoms with van der Waals surface area (Å²) >= 11 is 6.08. The summed E-state index contributed by atoms with van der Waals surface area (Å²) in [4.78, 5) is 29.6. The molecule has 0 radical (unpaired) electrons. The molecule has 0 saturated carbocycles. The number of halogens is 1. The van der Waals surface area contributed by atoms with Crippen LogP contribution in [0, 0.1) is 0 Å². The lowest BCUT2D eigenvalue weighted by Gasteiger charge is -2.26. The summed E-state index contributed by atoms with van der Waals surface area (Å²) in [6, 6.07) is 9.62. The van der Waals surface area contributed by atoms with E-state index in [9.17, 15) is 14.7 Å². The molecule has 132 valence electrons. The third kappa shape index (κ3) is 4.70. The molecule has 0 aliphatic rings. The normalized spacial score (nSPS) is 11.6. The summed E-state index contributed by atoms with van der Waals surface area (Å²) in [7, 11) is 0. The molecule has 2 aromatic rings. The van der Waals surface area contributed by atoms with E-state index in [2.05, 4.69) is 4.98 Å². The third-order valence-electron chi connectivity index (χ3n) is 3.62. The third-order valence-corrected chi connectivity index (χ3v) is 3.89. The van der Waals surface area contributed by atoms with Gasteiger partial charge in [-0.1, -0.05) is 41.9 Å². The fraction of sp³-hybridized carbons (Fsp3) is 0.278. The summed E-state index contributed by atoms with van der Waals surface area (Å²) in [5.74, 6) is -1.31. The van der Waals surface area contributed by atoms with Gasteiger partial charge in [0.25, 0.3) is 5.91 Å². The summed E-state index contributed by atoms with van der Waals surface area (Å²) in [6.45, 7) is 3.83. The van der Waals surface area contributed by atoms with Crippen molar-refractivity contribution in [2.45, 2.75) is 26.4 Å². The molecule has 0 saturated heterocycles. The van der Waals surface area contributed by atoms with E-state index in [1.54, 1.807) is 6.92 Å². The van der Waals surface area contributed by atoms with Crippen molar-refractivity contribution in [1.82, 2.24) is 9.88 Å². The number of carboxylic acids is 1. The number of benzene rings is 1. The van der Waals surface area contributed by atoms with E-state index in [1.165, 1.54) is 24.1 Å². The number of carbonyl (C=O) groups is 2. The van der Waals surface area contributed by atoms with E-state index in [4.69, 9.17) is 16.3 Å². The van der Waals surface area contributed by atoms with Crippen LogP contribution in [-0.4, -0.2) is 39.5 Å². The van der Waals surface area contributed by atoms with Crippen LogP contribution in [0.3, 0.4) is 0 Å². The van der Waals surface area contributed by atoms with Gasteiger partial charge in [-0.15, -0.1) is 0 Å². The lowest BCUT2D eigenvalue weighted by atomic mass is 10.1. The Bertz CT molecular complexity index is 752. The first-order valence-corrected chi connectivity index (χ1v) is 8.17. The van der Waals surface area contributed by atoms with E-state index >= 15 is 0 Å². The van der Waals surface area contributed by atoms with Crippen LogP contribution in [-0.2, 0) is 11.3 Å². The van der Waals surface area contributed by atoms with Crippen molar-refractivity contribution in [3.05, 3.63) is 58.7 Å². The minimum Gasteiger partial charge on any atom is -0.480 e. The number of hydrogen-bond acceptors (Lipinski definition) is 4. The number of amides is 1. The molecule has 0 aliphatic heterocycles. The smallest absolute Gasteiger partial charge is 0.326 e. The molecule has 1 unspecified atom stereocenters. The molecule has 0 bridgehead atoms. The van der Waals surface area contributed by atoms with Gasteiger partial charge in [0.05, 0.1) is 12.2 Å². The van der Waals surface area contributed by atoms with Crippen molar-refractivity contribution >= 4 is 23.5 Å². The standard InChI is InChI=1S/C18H19ClN2O4/c1-3-25-16-15(19)9-14(10-20-16)17(22)21(12(2)18(23)24)11-13-7-5-4-6-8-13/h4-10,12H,3,11H2,1-2H3,(H,23,24). The second kappa shape index (κ2) is 8.48. The molecule has 1 aromatic carbocycles. The van der Waals surface area contributed by atoms with Crippen LogP contribution in [0.4, 0.5) is 0 Å². The average molecular weight is 363 g/mol. The summed E-state index contributed by atoms with van der Waals surface area (Å²) < 4.78 is 5.25. The Labute approximate surface area is 151 Å². The zero-order valence-electron chi connectivity index (χ0n) is 14.0. The number of aromatic nitrogens is 1. The van der Waals surface area contributed by atoms with E-state index in [1.807, 2.05) is 30.3 Å². The van der Waals surface area contributed by atoms with Gasteiger partial charge in [-0.05, 0) is 25.5 Å². The quantitative estimate of drug-likeness (QED) is 0.817. The molecule has 6 nitrogen and oxygen atoms in total. The molecule has 25 heavy (non-hydrogen) atoms. The minimum atomic E-state index is -1.09. The fourth-order valence-corrected chi connectivity index (χ4v) is 2.47. The Morgan fingerprint density at radius 1 is 1.32 bits per heavy atom. The topological polar surface area (TPSA) is 79.7 Å². The molecule has 1 heterocycles. The SMILES string of the molecule is CCOc1ncc(C(=O)N(Cc2ccccc2)C(C)C(=O)O)cc1Cl. The molecule has 7 heteroatoms. The highest BCUT2D eigenvalue weighted by Gasteiger charge is 2.27. The number of carbonyl (C=O) groups excluding carboxylic acids is 1. The van der Waals surface area contributed by atoms with Gasteiger partial charge < -0.3 is 14.7 Å². The van der Waals surface area contributed by atoms with E-state index < -0.39 is 17.9 Å². The first kappa shape index (κ1) is 18.7. The predicted octanol–water partition coefficient (Wildman–Crippen LogP) is 3.25. The van der Waals surface area contributed by atoms with Crippen molar-refractivity contribution in [2.24, 2.45) is 0 Å². The predicted molar refractivity (Wildman–Crippen MR) is 93.8 cm³/mol. The van der Waals surface area contributed by atoms with Gasteiger partial charge in [0.15, 0.2) is 0 Å². The number of carboxylic acid groups (broad SMARTS) is 1. The van der Waals surface area contributed by atoms with Gasteiger partial charge in [-0.2, -0.15) is 0 Å². The molecule has 2 rings (SSSR count). The minimum absolute atomic E-state index is 0.165. The maximum atomic E-state index is 12.8. The lowest BCUT2D eigenvalue weighted by molar-refractivity contribution is -0.141. The van der Waals surface area contributed by atoms with Crippen LogP contribution in [0.2, 0.25) is 5.02 Å². The Kier molecular flexibility index (Phi) is 6.36. The zero-order valence-corrected chi connectivity index (χ0v) is 14.7. The lowest BCUT2D eigenvalue weighted by Crippen LogP contribution is -2.42. The molecular formula is C18H19ClN2O4. The van der Waals surface area contributed by atoms with E-state index in [-0.39, 0.29) is 23.0 Å². The number of ether oxygens (including phenoxy) is 1. The first-order valence-electron chi connectivity index (χ1n) is 7.80. The molecule has 1 atom stereocenters. The van der Waals surface area contributed by atoms with Crippen molar-refractivity contribution in [1.29, 1.82) is 0 Å². The second-order valence-corrected chi connectivity index (χ2v) is 5.78. The Hall–Kier alpha value is -2.60. The molecule has 0 spiro atoms. The largest absolute Gasteiger partial charge is 0.480 e. The monoisotopic (exact) mass is 362 g/mol. The van der Waals surface area contributed by atoms with Gasteiger partial charge >= 0.3 is 5.97 Å². The van der Waals surface area contributed by atoms with Crippen LogP contribution in [0.1, 0.15) is 29.8 Å². The van der Waals surface area contributed by atoms with Gasteiger partial charge in [0, 0.05) is 12.7 Å². The number of hydrogen-bond donors (Lipinski definition) is 1. The molecule has 0 fully saturated rings. The number of nitrogens with zero attached hydrogens (tertiary/aromatic N) is 2. The molecular weight excluding hydrogens is 344 g/mol. The van der Waals surface area contributed by atoms with Gasteiger partial charge in [0.1, 0.15) is 11.1 Å². The van der Waals surface area contributed by atoms with E-state index in [0.29, 0.717) is 6.61 Å². The van der Waals surface area contributed by atoms with Crippen molar-refractivity contribution < 1.29 is 19.4 Å². The zero-order chi connectivity index (χ0) is 18.4. The summed E-state index contributed by atoms with van der Waals surface area (Å²) in [6.07, 6.45) is 1.34. The van der Waals surface area contributed by atoms with Crippen LogP contribution in [0.5, 0.6) is 5.88 Å². The highest BCUT2D eigenvalue weighted by atomic mass is 35.5. The number of pyridine rings is 1. The highest BCUT2D eigenvalue weighted by Crippen LogP contribution is 2.24. The Balaban J connectivity index is 2.31. The molecule has 1 aromatic heterocycles. The van der Waals surface area contributed by atoms with Crippen LogP contribution in [0.15, 0.2) is 42.6 Å². The first-order chi connectivity index (χ1) is 11.9. The maximum absolute atomic E-state index is 12.8. The van der Waals surface area contributed by atoms with Crippen LogP contribution < -0.4 is 4.74 Å². The van der Waals surface area contributed by atoms with Gasteiger partial charge in [-0.3, -0.25) is 4.79 Å². The summed E-state index contributed by atoms with van der Waals surface area (Å²) in [5, 5.41) is 9.54. The fourth-order valence-electron chi connectivity index (χ4n) is 2.25. The number of rotatable bonds is 7. The van der Waals surface area contributed by atoms with E-state index in [0.717, 1.165) is 5.56 Å². The molecule has 1 amide bonds. The van der Waals surface area contributed by atoms with Gasteiger partial charge in [-0.25, -0.2) is 9.78 Å². The Morgan fingerprint density at radius 3 is 2.56 bits per heavy atom. The molecule has 0 aliphatic carbocycles. The molecule has 1 N–H and O–H groups in total. The average Bonchev–Trinajstić information content (AvgIpc) is 2.61. The van der Waals surface area contributed by atoms with Gasteiger partial charge in [0.2, 0.25) is 5.88 Å².